The fourth-order valence-electron chi connectivity index (χ4n) is 3.09. The molecule has 0 atom stereocenters. The van der Waals surface area contributed by atoms with Gasteiger partial charge in [-0.3, -0.25) is 4.79 Å². The highest BCUT2D eigenvalue weighted by atomic mass is 35.5. The first-order valence-corrected chi connectivity index (χ1v) is 11.0. The fraction of sp³-hybridized carbons (Fsp3) is 0.0833. The van der Waals surface area contributed by atoms with Crippen LogP contribution in [0.25, 0.3) is 26.9 Å². The molecule has 0 fully saturated rings. The lowest BCUT2D eigenvalue weighted by Gasteiger charge is -2.08. The highest BCUT2D eigenvalue weighted by Gasteiger charge is 2.09. The van der Waals surface area contributed by atoms with Crippen LogP contribution < -0.4 is 10.1 Å². The molecule has 1 amide bonds. The van der Waals surface area contributed by atoms with Gasteiger partial charge < -0.3 is 10.1 Å². The number of amides is 1. The Morgan fingerprint density at radius 1 is 1.13 bits per heavy atom. The maximum Gasteiger partial charge on any atom is 0.244 e. The van der Waals surface area contributed by atoms with E-state index in [0.717, 1.165) is 21.7 Å². The summed E-state index contributed by atoms with van der Waals surface area (Å²) in [5, 5.41) is 4.71. The molecule has 0 aliphatic rings. The molecule has 4 rings (SSSR count). The van der Waals surface area contributed by atoms with E-state index in [4.69, 9.17) is 27.9 Å². The van der Waals surface area contributed by atoms with Crippen molar-refractivity contribution in [1.29, 1.82) is 0 Å². The van der Waals surface area contributed by atoms with E-state index in [1.807, 2.05) is 42.5 Å². The Balaban J connectivity index is 1.39. The van der Waals surface area contributed by atoms with Gasteiger partial charge in [0.1, 0.15) is 10.8 Å². The van der Waals surface area contributed by atoms with Gasteiger partial charge in [0.2, 0.25) is 5.91 Å². The van der Waals surface area contributed by atoms with E-state index >= 15 is 0 Å². The van der Waals surface area contributed by atoms with E-state index in [2.05, 4.69) is 16.4 Å². The summed E-state index contributed by atoms with van der Waals surface area (Å²) in [6.45, 7) is 0.413. The Labute approximate surface area is 194 Å². The molecule has 4 aromatic rings. The van der Waals surface area contributed by atoms with E-state index < -0.39 is 0 Å². The predicted octanol–water partition coefficient (Wildman–Crippen LogP) is 6.61. The maximum absolute atomic E-state index is 12.2. The number of rotatable bonds is 6. The summed E-state index contributed by atoms with van der Waals surface area (Å²) in [6.07, 6.45) is 3.06. The van der Waals surface area contributed by atoms with Gasteiger partial charge in [0.15, 0.2) is 0 Å². The van der Waals surface area contributed by atoms with Crippen molar-refractivity contribution >= 4 is 56.7 Å². The lowest BCUT2D eigenvalue weighted by atomic mass is 10.1. The fourth-order valence-corrected chi connectivity index (χ4v) is 4.65. The van der Waals surface area contributed by atoms with Crippen LogP contribution in [0.1, 0.15) is 11.1 Å². The maximum atomic E-state index is 12.2. The van der Waals surface area contributed by atoms with Crippen LogP contribution >= 0.6 is 34.5 Å². The third kappa shape index (κ3) is 5.07. The molecule has 0 saturated carbocycles. The largest absolute Gasteiger partial charge is 0.495 e. The van der Waals surface area contributed by atoms with Gasteiger partial charge >= 0.3 is 0 Å². The van der Waals surface area contributed by atoms with E-state index in [0.29, 0.717) is 27.9 Å². The van der Waals surface area contributed by atoms with Crippen molar-refractivity contribution in [3.63, 3.8) is 0 Å². The van der Waals surface area contributed by atoms with Gasteiger partial charge in [0.05, 0.1) is 22.3 Å². The minimum atomic E-state index is -0.228. The number of aromatic nitrogens is 1. The Hall–Kier alpha value is -2.86. The summed E-state index contributed by atoms with van der Waals surface area (Å²) < 4.78 is 6.45. The number of hydrogen-bond donors (Lipinski definition) is 1. The first-order valence-electron chi connectivity index (χ1n) is 9.47. The number of nitrogens with zero attached hydrogens (tertiary/aromatic N) is 1. The summed E-state index contributed by atoms with van der Waals surface area (Å²) >= 11 is 13.8. The van der Waals surface area contributed by atoms with Gasteiger partial charge in [0, 0.05) is 28.8 Å². The second-order valence-electron chi connectivity index (χ2n) is 6.74. The van der Waals surface area contributed by atoms with Gasteiger partial charge in [-0.05, 0) is 35.9 Å². The lowest BCUT2D eigenvalue weighted by Crippen LogP contribution is -2.20. The Morgan fingerprint density at radius 2 is 1.90 bits per heavy atom. The molecule has 4 nitrogen and oxygen atoms in total. The molecule has 0 aliphatic heterocycles. The Bertz CT molecular complexity index is 1230. The molecular formula is C24H18Cl2N2O2S. The minimum Gasteiger partial charge on any atom is -0.495 e. The SMILES string of the molecule is COc1c(Cl)cc(Cl)cc1C=CC(=O)NCc1ccc(-c2nc3ccccc3s2)cc1. The second kappa shape index (κ2) is 9.52. The van der Waals surface area contributed by atoms with Crippen LogP contribution in [0, 0.1) is 0 Å². The minimum absolute atomic E-state index is 0.228. The van der Waals surface area contributed by atoms with Crippen molar-refractivity contribution in [2.45, 2.75) is 6.54 Å². The van der Waals surface area contributed by atoms with Crippen molar-refractivity contribution in [3.05, 3.63) is 87.9 Å². The molecule has 0 unspecified atom stereocenters. The number of nitrogens with one attached hydrogen (secondary N) is 1. The number of halogens is 2. The zero-order valence-electron chi connectivity index (χ0n) is 16.6. The number of benzene rings is 3. The standard InChI is InChI=1S/C24H18Cl2N2O2S/c1-30-23-17(12-18(25)13-19(23)26)10-11-22(29)27-14-15-6-8-16(9-7-15)24-28-20-4-2-3-5-21(20)31-24/h2-13H,14H2,1H3,(H,27,29). The zero-order valence-corrected chi connectivity index (χ0v) is 18.9. The number of thiazole rings is 1. The number of carbonyl (C=O) groups excluding carboxylic acids is 1. The van der Waals surface area contributed by atoms with Crippen molar-refractivity contribution in [3.8, 4) is 16.3 Å². The first kappa shape index (κ1) is 21.4. The molecule has 1 heterocycles. The second-order valence-corrected chi connectivity index (χ2v) is 8.62. The van der Waals surface area contributed by atoms with Crippen LogP contribution in [0.2, 0.25) is 10.0 Å². The number of methoxy groups -OCH3 is 1. The average Bonchev–Trinajstić information content (AvgIpc) is 3.20. The van der Waals surface area contributed by atoms with Gasteiger partial charge in [0.25, 0.3) is 0 Å². The van der Waals surface area contributed by atoms with E-state index in [1.54, 1.807) is 29.5 Å². The van der Waals surface area contributed by atoms with Crippen molar-refractivity contribution < 1.29 is 9.53 Å². The van der Waals surface area contributed by atoms with Crippen molar-refractivity contribution in [2.75, 3.05) is 7.11 Å². The van der Waals surface area contributed by atoms with Gasteiger partial charge in [-0.25, -0.2) is 4.98 Å². The predicted molar refractivity (Wildman–Crippen MR) is 129 cm³/mol. The van der Waals surface area contributed by atoms with Crippen molar-refractivity contribution in [1.82, 2.24) is 10.3 Å². The van der Waals surface area contributed by atoms with Gasteiger partial charge in [-0.1, -0.05) is 59.6 Å². The number of fused-ring (bicyclic) bond motifs is 1. The van der Waals surface area contributed by atoms with Gasteiger partial charge in [-0.15, -0.1) is 11.3 Å². The molecule has 0 bridgehead atoms. The molecule has 0 spiro atoms. The molecule has 156 valence electrons. The zero-order chi connectivity index (χ0) is 21.8. The van der Waals surface area contributed by atoms with E-state index in [1.165, 1.54) is 17.9 Å². The summed E-state index contributed by atoms with van der Waals surface area (Å²) in [5.41, 5.74) is 3.69. The molecule has 0 radical (unpaired) electrons. The Kier molecular flexibility index (Phi) is 6.56. The topological polar surface area (TPSA) is 51.2 Å². The molecule has 3 aromatic carbocycles. The van der Waals surface area contributed by atoms with Crippen LogP contribution in [-0.2, 0) is 11.3 Å². The van der Waals surface area contributed by atoms with Crippen LogP contribution in [0.5, 0.6) is 5.75 Å². The molecule has 31 heavy (non-hydrogen) atoms. The molecule has 0 aliphatic carbocycles. The quantitative estimate of drug-likeness (QED) is 0.324. The van der Waals surface area contributed by atoms with Gasteiger partial charge in [-0.2, -0.15) is 0 Å². The summed E-state index contributed by atoms with van der Waals surface area (Å²) in [4.78, 5) is 16.9. The van der Waals surface area contributed by atoms with Crippen LogP contribution in [0.3, 0.4) is 0 Å². The van der Waals surface area contributed by atoms with Crippen LogP contribution in [0.15, 0.2) is 66.7 Å². The molecule has 7 heteroatoms. The number of ether oxygens (including phenoxy) is 1. The van der Waals surface area contributed by atoms with E-state index in [-0.39, 0.29) is 5.91 Å². The number of para-hydroxylation sites is 1. The highest BCUT2D eigenvalue weighted by Crippen LogP contribution is 2.33. The van der Waals surface area contributed by atoms with E-state index in [9.17, 15) is 4.79 Å². The third-order valence-corrected chi connectivity index (χ3v) is 6.20. The van der Waals surface area contributed by atoms with Crippen molar-refractivity contribution in [2.24, 2.45) is 0 Å². The smallest absolute Gasteiger partial charge is 0.244 e. The molecule has 1 aromatic heterocycles. The summed E-state index contributed by atoms with van der Waals surface area (Å²) in [5.74, 6) is 0.244. The third-order valence-electron chi connectivity index (χ3n) is 4.62. The first-order chi connectivity index (χ1) is 15.0. The monoisotopic (exact) mass is 468 g/mol. The average molecular weight is 469 g/mol. The summed E-state index contributed by atoms with van der Waals surface area (Å²) in [6, 6.07) is 19.4. The molecule has 1 N–H and O–H groups in total. The molecular weight excluding hydrogens is 451 g/mol. The molecule has 0 saturated heterocycles. The normalized spacial score (nSPS) is 11.2. The number of carbonyl (C=O) groups is 1. The lowest BCUT2D eigenvalue weighted by molar-refractivity contribution is -0.116. The number of hydrogen-bond acceptors (Lipinski definition) is 4. The summed E-state index contributed by atoms with van der Waals surface area (Å²) in [7, 11) is 1.52. The highest BCUT2D eigenvalue weighted by molar-refractivity contribution is 7.21. The van der Waals surface area contributed by atoms with Crippen LogP contribution in [-0.4, -0.2) is 18.0 Å². The Morgan fingerprint density at radius 3 is 2.65 bits per heavy atom. The van der Waals surface area contributed by atoms with Crippen LogP contribution in [0.4, 0.5) is 0 Å².